The third kappa shape index (κ3) is 4.32. The Morgan fingerprint density at radius 1 is 1.23 bits per heavy atom. The summed E-state index contributed by atoms with van der Waals surface area (Å²) in [5.41, 5.74) is 3.71. The fourth-order valence-corrected chi connectivity index (χ4v) is 4.75. The number of aromatic hydroxyl groups is 1. The Balaban J connectivity index is 1.34. The van der Waals surface area contributed by atoms with Crippen LogP contribution in [0.15, 0.2) is 45.7 Å². The molecule has 0 unspecified atom stereocenters. The minimum absolute atomic E-state index is 0.0381. The number of phenolic OH excluding ortho intramolecular Hbond substituents is 1. The van der Waals surface area contributed by atoms with E-state index >= 15 is 0 Å². The van der Waals surface area contributed by atoms with E-state index in [1.165, 1.54) is 12.1 Å². The molecule has 1 amide bonds. The number of fused-ring (bicyclic) bond motifs is 4. The van der Waals surface area contributed by atoms with Gasteiger partial charge in [-0.2, -0.15) is 0 Å². The van der Waals surface area contributed by atoms with Gasteiger partial charge >= 0.3 is 5.63 Å². The Morgan fingerprint density at radius 2 is 2.03 bits per heavy atom. The lowest BCUT2D eigenvalue weighted by molar-refractivity contribution is -0.308. The number of aromatic amines is 1. The number of aromatic nitrogens is 1. The van der Waals surface area contributed by atoms with E-state index in [1.54, 1.807) is 24.4 Å². The van der Waals surface area contributed by atoms with Crippen LogP contribution in [-0.4, -0.2) is 34.6 Å². The number of carbonyl (C=O) groups excluding carboxylic acids is 2. The summed E-state index contributed by atoms with van der Waals surface area (Å²) in [6, 6.07) is 6.95. The van der Waals surface area contributed by atoms with E-state index in [4.69, 9.17) is 9.15 Å². The van der Waals surface area contributed by atoms with Crippen molar-refractivity contribution >= 4 is 33.7 Å². The molecule has 5 rings (SSSR count). The second-order valence-electron chi connectivity index (χ2n) is 8.81. The number of aryl methyl sites for hydroxylation is 2. The van der Waals surface area contributed by atoms with Crippen LogP contribution < -0.4 is 20.8 Å². The molecule has 9 nitrogen and oxygen atoms in total. The van der Waals surface area contributed by atoms with E-state index in [-0.39, 0.29) is 17.8 Å². The SMILES string of the molecule is Cc1cc(OCC(=O)N[C@H](Cc2c[nH]c3ccc(O)cc23)C(=O)[O-])c2c3c(c(=O)oc2c1)CCC3. The third-order valence-electron chi connectivity index (χ3n) is 6.33. The molecule has 0 bridgehead atoms. The van der Waals surface area contributed by atoms with Crippen molar-refractivity contribution in [3.63, 3.8) is 0 Å². The molecule has 2 aromatic heterocycles. The molecule has 0 radical (unpaired) electrons. The molecule has 180 valence electrons. The van der Waals surface area contributed by atoms with Gasteiger partial charge in [-0.3, -0.25) is 4.79 Å². The topological polar surface area (TPSA) is 145 Å². The van der Waals surface area contributed by atoms with Gasteiger partial charge in [0.2, 0.25) is 0 Å². The molecular formula is C26H23N2O7-. The first-order valence-corrected chi connectivity index (χ1v) is 11.3. The Labute approximate surface area is 199 Å². The van der Waals surface area contributed by atoms with Crippen LogP contribution in [0.1, 0.15) is 28.7 Å². The molecule has 0 spiro atoms. The molecule has 0 aliphatic heterocycles. The number of phenols is 1. The van der Waals surface area contributed by atoms with E-state index in [1.807, 2.05) is 6.92 Å². The number of benzene rings is 2. The van der Waals surface area contributed by atoms with Crippen molar-refractivity contribution in [2.75, 3.05) is 6.61 Å². The molecule has 1 aliphatic carbocycles. The van der Waals surface area contributed by atoms with Crippen molar-refractivity contribution in [1.29, 1.82) is 0 Å². The lowest BCUT2D eigenvalue weighted by Crippen LogP contribution is -2.50. The fraction of sp³-hybridized carbons (Fsp3) is 0.269. The summed E-state index contributed by atoms with van der Waals surface area (Å²) in [5.74, 6) is -1.61. The highest BCUT2D eigenvalue weighted by atomic mass is 16.5. The number of hydrogen-bond donors (Lipinski definition) is 3. The molecule has 4 aromatic rings. The lowest BCUT2D eigenvalue weighted by Gasteiger charge is -2.20. The van der Waals surface area contributed by atoms with Gasteiger partial charge in [0.15, 0.2) is 6.61 Å². The van der Waals surface area contributed by atoms with Crippen LogP contribution in [0.4, 0.5) is 0 Å². The standard InChI is InChI=1S/C26H24N2O7/c1-13-7-21(24-16-3-2-4-17(16)26(33)35-22(24)8-13)34-12-23(30)28-20(25(31)32)9-14-11-27-19-6-5-15(29)10-18(14)19/h5-8,10-11,20,27,29H,2-4,9,12H2,1H3,(H,28,30)(H,31,32)/p-1/t20-/m1/s1. The quantitative estimate of drug-likeness (QED) is 0.345. The first-order valence-electron chi connectivity index (χ1n) is 11.3. The van der Waals surface area contributed by atoms with Crippen molar-refractivity contribution < 1.29 is 29.0 Å². The number of carboxylic acids is 1. The highest BCUT2D eigenvalue weighted by Gasteiger charge is 2.23. The van der Waals surface area contributed by atoms with Crippen molar-refractivity contribution in [1.82, 2.24) is 10.3 Å². The molecule has 0 fully saturated rings. The van der Waals surface area contributed by atoms with E-state index < -0.39 is 24.5 Å². The van der Waals surface area contributed by atoms with Gasteiger partial charge in [0.25, 0.3) is 5.91 Å². The van der Waals surface area contributed by atoms with Gasteiger partial charge in [0, 0.05) is 29.1 Å². The highest BCUT2D eigenvalue weighted by Crippen LogP contribution is 2.35. The van der Waals surface area contributed by atoms with Crippen LogP contribution in [0, 0.1) is 6.92 Å². The zero-order valence-electron chi connectivity index (χ0n) is 19.0. The predicted molar refractivity (Wildman–Crippen MR) is 125 cm³/mol. The van der Waals surface area contributed by atoms with E-state index in [0.717, 1.165) is 29.5 Å². The molecule has 1 aliphatic rings. The van der Waals surface area contributed by atoms with Gasteiger partial charge in [-0.05, 0) is 73.2 Å². The van der Waals surface area contributed by atoms with Crippen molar-refractivity contribution in [2.45, 2.75) is 38.6 Å². The minimum atomic E-state index is -1.44. The van der Waals surface area contributed by atoms with Crippen LogP contribution in [0.25, 0.3) is 21.9 Å². The summed E-state index contributed by atoms with van der Waals surface area (Å²) in [5, 5.41) is 25.3. The van der Waals surface area contributed by atoms with E-state index in [0.29, 0.717) is 39.7 Å². The predicted octanol–water partition coefficient (Wildman–Crippen LogP) is 1.63. The van der Waals surface area contributed by atoms with Crippen molar-refractivity contribution in [3.8, 4) is 11.5 Å². The first kappa shape index (κ1) is 22.5. The lowest BCUT2D eigenvalue weighted by atomic mass is 10.0. The maximum atomic E-state index is 12.6. The molecule has 35 heavy (non-hydrogen) atoms. The van der Waals surface area contributed by atoms with Crippen LogP contribution in [0.5, 0.6) is 11.5 Å². The van der Waals surface area contributed by atoms with Gasteiger partial charge in [0.1, 0.15) is 17.1 Å². The summed E-state index contributed by atoms with van der Waals surface area (Å²) < 4.78 is 11.3. The Kier molecular flexibility index (Phi) is 5.68. The monoisotopic (exact) mass is 475 g/mol. The molecule has 2 heterocycles. The number of carbonyl (C=O) groups is 2. The summed E-state index contributed by atoms with van der Waals surface area (Å²) in [7, 11) is 0. The zero-order valence-corrected chi connectivity index (χ0v) is 19.0. The van der Waals surface area contributed by atoms with Crippen LogP contribution in [0.3, 0.4) is 0 Å². The summed E-state index contributed by atoms with van der Waals surface area (Å²) in [4.78, 5) is 39.7. The normalized spacial score (nSPS) is 13.6. The zero-order chi connectivity index (χ0) is 24.7. The molecular weight excluding hydrogens is 452 g/mol. The fourth-order valence-electron chi connectivity index (χ4n) is 4.75. The number of aliphatic carboxylic acids is 1. The number of carboxylic acid groups (broad SMARTS) is 1. The Hall–Kier alpha value is -4.27. The molecule has 3 N–H and O–H groups in total. The molecule has 2 aromatic carbocycles. The number of hydrogen-bond acceptors (Lipinski definition) is 7. The minimum Gasteiger partial charge on any atom is -0.548 e. The number of rotatable bonds is 7. The smallest absolute Gasteiger partial charge is 0.339 e. The van der Waals surface area contributed by atoms with E-state index in [9.17, 15) is 24.6 Å². The number of nitrogens with one attached hydrogen (secondary N) is 2. The maximum Gasteiger partial charge on any atom is 0.339 e. The Morgan fingerprint density at radius 3 is 2.83 bits per heavy atom. The highest BCUT2D eigenvalue weighted by molar-refractivity contribution is 5.90. The number of ether oxygens (including phenoxy) is 1. The maximum absolute atomic E-state index is 12.6. The summed E-state index contributed by atoms with van der Waals surface area (Å²) in [6.45, 7) is 1.40. The van der Waals surface area contributed by atoms with Crippen molar-refractivity contribution in [3.05, 3.63) is 69.2 Å². The van der Waals surface area contributed by atoms with Gasteiger partial charge in [-0.15, -0.1) is 0 Å². The molecule has 1 atom stereocenters. The third-order valence-corrected chi connectivity index (χ3v) is 6.33. The van der Waals surface area contributed by atoms with E-state index in [2.05, 4.69) is 10.3 Å². The second-order valence-corrected chi connectivity index (χ2v) is 8.81. The molecule has 0 saturated carbocycles. The van der Waals surface area contributed by atoms with Gasteiger partial charge < -0.3 is 34.5 Å². The van der Waals surface area contributed by atoms with Gasteiger partial charge in [-0.1, -0.05) is 0 Å². The first-order chi connectivity index (χ1) is 16.8. The number of amides is 1. The molecule has 0 saturated heterocycles. The summed E-state index contributed by atoms with van der Waals surface area (Å²) >= 11 is 0. The Bertz CT molecular complexity index is 1530. The van der Waals surface area contributed by atoms with Crippen LogP contribution in [-0.2, 0) is 28.9 Å². The van der Waals surface area contributed by atoms with Crippen molar-refractivity contribution in [2.24, 2.45) is 0 Å². The average molecular weight is 475 g/mol. The van der Waals surface area contributed by atoms with Gasteiger partial charge in [-0.25, -0.2) is 4.79 Å². The second kappa shape index (κ2) is 8.83. The summed E-state index contributed by atoms with van der Waals surface area (Å²) in [6.07, 6.45) is 3.79. The largest absolute Gasteiger partial charge is 0.548 e. The average Bonchev–Trinajstić information content (AvgIpc) is 3.44. The number of H-pyrrole nitrogens is 1. The van der Waals surface area contributed by atoms with Gasteiger partial charge in [0.05, 0.1) is 17.4 Å². The van der Waals surface area contributed by atoms with Crippen LogP contribution >= 0.6 is 0 Å². The molecule has 9 heteroatoms. The van der Waals surface area contributed by atoms with Crippen LogP contribution in [0.2, 0.25) is 0 Å².